The van der Waals surface area contributed by atoms with E-state index in [4.69, 9.17) is 0 Å². The molecule has 0 saturated heterocycles. The van der Waals surface area contributed by atoms with Crippen molar-refractivity contribution in [1.29, 1.82) is 0 Å². The average molecular weight is 245 g/mol. The van der Waals surface area contributed by atoms with Crippen molar-refractivity contribution in [1.82, 2.24) is 19.9 Å². The molecule has 5 nitrogen and oxygen atoms in total. The third-order valence-electron chi connectivity index (χ3n) is 2.54. The molecule has 6 heteroatoms. The number of nitrogens with zero attached hydrogens (tertiary/aromatic N) is 3. The van der Waals surface area contributed by atoms with Crippen molar-refractivity contribution >= 4 is 27.4 Å². The van der Waals surface area contributed by atoms with Crippen molar-refractivity contribution in [2.45, 2.75) is 13.0 Å². The van der Waals surface area contributed by atoms with E-state index in [9.17, 15) is 0 Å². The van der Waals surface area contributed by atoms with Gasteiger partial charge in [-0.1, -0.05) is 0 Å². The number of aromatic nitrogens is 4. The maximum Gasteiger partial charge on any atom is 0.138 e. The molecule has 0 spiro atoms. The van der Waals surface area contributed by atoms with Gasteiger partial charge in [0, 0.05) is 12.4 Å². The Morgan fingerprint density at radius 1 is 1.35 bits per heavy atom. The van der Waals surface area contributed by atoms with Crippen LogP contribution >= 0.6 is 11.3 Å². The van der Waals surface area contributed by atoms with Gasteiger partial charge in [0.05, 0.1) is 11.4 Å². The Morgan fingerprint density at radius 3 is 3.12 bits per heavy atom. The Labute approximate surface area is 102 Å². The summed E-state index contributed by atoms with van der Waals surface area (Å²) in [7, 11) is 0. The monoisotopic (exact) mass is 245 g/mol. The first-order valence-electron chi connectivity index (χ1n) is 5.28. The van der Waals surface area contributed by atoms with Crippen LogP contribution in [0.1, 0.15) is 18.8 Å². The summed E-state index contributed by atoms with van der Waals surface area (Å²) in [6, 6.07) is 2.11. The lowest BCUT2D eigenvalue weighted by Crippen LogP contribution is -2.09. The summed E-state index contributed by atoms with van der Waals surface area (Å²) in [5.74, 6) is 1.74. The van der Waals surface area contributed by atoms with Crippen molar-refractivity contribution < 1.29 is 0 Å². The van der Waals surface area contributed by atoms with Gasteiger partial charge in [0.1, 0.15) is 22.8 Å². The third kappa shape index (κ3) is 1.87. The summed E-state index contributed by atoms with van der Waals surface area (Å²) in [6.45, 7) is 2.04. The maximum atomic E-state index is 4.27. The minimum absolute atomic E-state index is 0.0861. The largest absolute Gasteiger partial charge is 0.360 e. The van der Waals surface area contributed by atoms with Gasteiger partial charge < -0.3 is 10.3 Å². The van der Waals surface area contributed by atoms with E-state index in [1.807, 2.05) is 24.6 Å². The highest BCUT2D eigenvalue weighted by atomic mass is 32.1. The van der Waals surface area contributed by atoms with E-state index in [1.165, 1.54) is 0 Å². The molecule has 0 bridgehead atoms. The number of fused-ring (bicyclic) bond motifs is 1. The first-order chi connectivity index (χ1) is 8.34. The Hall–Kier alpha value is -1.95. The third-order valence-corrected chi connectivity index (χ3v) is 3.37. The lowest BCUT2D eigenvalue weighted by Gasteiger charge is -2.12. The zero-order valence-corrected chi connectivity index (χ0v) is 10.0. The molecule has 0 amide bonds. The Kier molecular flexibility index (Phi) is 2.49. The zero-order valence-electron chi connectivity index (χ0n) is 9.21. The average Bonchev–Trinajstić information content (AvgIpc) is 3.00. The number of imidazole rings is 1. The molecular weight excluding hydrogens is 234 g/mol. The molecule has 17 heavy (non-hydrogen) atoms. The number of hydrogen-bond acceptors (Lipinski definition) is 5. The van der Waals surface area contributed by atoms with Crippen LogP contribution < -0.4 is 5.32 Å². The lowest BCUT2D eigenvalue weighted by molar-refractivity contribution is 0.805. The fourth-order valence-corrected chi connectivity index (χ4v) is 2.43. The molecule has 0 saturated carbocycles. The SMILES string of the molecule is CC(Nc1ncnc2sccc12)c1ncc[nH]1. The van der Waals surface area contributed by atoms with E-state index in [0.29, 0.717) is 0 Å². The molecule has 0 aromatic carbocycles. The van der Waals surface area contributed by atoms with Gasteiger partial charge in [-0.2, -0.15) is 0 Å². The second kappa shape index (κ2) is 4.14. The van der Waals surface area contributed by atoms with Gasteiger partial charge in [0.2, 0.25) is 0 Å². The van der Waals surface area contributed by atoms with Crippen molar-refractivity contribution in [2.24, 2.45) is 0 Å². The summed E-state index contributed by atoms with van der Waals surface area (Å²) in [5.41, 5.74) is 0. The molecule has 1 atom stereocenters. The van der Waals surface area contributed by atoms with Crippen LogP contribution in [0.2, 0.25) is 0 Å². The normalized spacial score (nSPS) is 12.8. The molecule has 0 fully saturated rings. The number of hydrogen-bond donors (Lipinski definition) is 2. The van der Waals surface area contributed by atoms with Crippen LogP contribution in [0.3, 0.4) is 0 Å². The molecular formula is C11H11N5S. The van der Waals surface area contributed by atoms with Gasteiger partial charge in [0.25, 0.3) is 0 Å². The number of nitrogens with one attached hydrogen (secondary N) is 2. The highest BCUT2D eigenvalue weighted by Crippen LogP contribution is 2.25. The fraction of sp³-hybridized carbons (Fsp3) is 0.182. The van der Waals surface area contributed by atoms with Crippen LogP contribution in [0.25, 0.3) is 10.2 Å². The van der Waals surface area contributed by atoms with Crippen molar-refractivity contribution in [2.75, 3.05) is 5.32 Å². The minimum atomic E-state index is 0.0861. The van der Waals surface area contributed by atoms with Crippen LogP contribution in [0.5, 0.6) is 0 Å². The molecule has 0 radical (unpaired) electrons. The van der Waals surface area contributed by atoms with Gasteiger partial charge in [-0.05, 0) is 18.4 Å². The quantitative estimate of drug-likeness (QED) is 0.744. The maximum absolute atomic E-state index is 4.27. The van der Waals surface area contributed by atoms with Crippen LogP contribution in [0, 0.1) is 0 Å². The van der Waals surface area contributed by atoms with E-state index in [1.54, 1.807) is 23.9 Å². The first kappa shape index (κ1) is 10.2. The van der Waals surface area contributed by atoms with E-state index in [0.717, 1.165) is 21.9 Å². The predicted molar refractivity (Wildman–Crippen MR) is 68.0 cm³/mol. The summed E-state index contributed by atoms with van der Waals surface area (Å²) >= 11 is 1.61. The fourth-order valence-electron chi connectivity index (χ4n) is 1.69. The van der Waals surface area contributed by atoms with Crippen LogP contribution in [-0.2, 0) is 0 Å². The number of anilines is 1. The smallest absolute Gasteiger partial charge is 0.138 e. The molecule has 3 rings (SSSR count). The number of aromatic amines is 1. The second-order valence-corrected chi connectivity index (χ2v) is 4.60. The Balaban J connectivity index is 1.92. The lowest BCUT2D eigenvalue weighted by atomic mass is 10.3. The van der Waals surface area contributed by atoms with Crippen molar-refractivity contribution in [3.8, 4) is 0 Å². The first-order valence-corrected chi connectivity index (χ1v) is 6.16. The summed E-state index contributed by atoms with van der Waals surface area (Å²) in [5, 5.41) is 6.40. The summed E-state index contributed by atoms with van der Waals surface area (Å²) < 4.78 is 0. The van der Waals surface area contributed by atoms with Gasteiger partial charge in [0.15, 0.2) is 0 Å². The summed E-state index contributed by atoms with van der Waals surface area (Å²) in [6.07, 6.45) is 5.14. The van der Waals surface area contributed by atoms with Gasteiger partial charge in [-0.25, -0.2) is 15.0 Å². The van der Waals surface area contributed by atoms with E-state index in [2.05, 4.69) is 25.3 Å². The topological polar surface area (TPSA) is 66.5 Å². The van der Waals surface area contributed by atoms with Crippen LogP contribution in [0.4, 0.5) is 5.82 Å². The minimum Gasteiger partial charge on any atom is -0.360 e. The van der Waals surface area contributed by atoms with Gasteiger partial charge in [-0.3, -0.25) is 0 Å². The van der Waals surface area contributed by atoms with Crippen LogP contribution in [0.15, 0.2) is 30.2 Å². The van der Waals surface area contributed by atoms with Gasteiger partial charge >= 0.3 is 0 Å². The Morgan fingerprint density at radius 2 is 2.29 bits per heavy atom. The molecule has 3 aromatic heterocycles. The van der Waals surface area contributed by atoms with Gasteiger partial charge in [-0.15, -0.1) is 11.3 Å². The molecule has 0 aliphatic heterocycles. The molecule has 3 aromatic rings. The number of thiophene rings is 1. The highest BCUT2D eigenvalue weighted by molar-refractivity contribution is 7.16. The molecule has 0 aliphatic carbocycles. The molecule has 86 valence electrons. The van der Waals surface area contributed by atoms with Crippen molar-refractivity contribution in [3.63, 3.8) is 0 Å². The predicted octanol–water partition coefficient (Wildman–Crippen LogP) is 2.59. The molecule has 1 unspecified atom stereocenters. The van der Waals surface area contributed by atoms with Crippen molar-refractivity contribution in [3.05, 3.63) is 36.0 Å². The Bertz CT molecular complexity index is 616. The highest BCUT2D eigenvalue weighted by Gasteiger charge is 2.11. The van der Waals surface area contributed by atoms with E-state index in [-0.39, 0.29) is 6.04 Å². The standard InChI is InChI=1S/C11H11N5S/c1-7(9-12-3-4-13-9)16-10-8-2-5-17-11(8)15-6-14-10/h2-7H,1H3,(H,12,13)(H,14,15,16). The second-order valence-electron chi connectivity index (χ2n) is 3.70. The number of H-pyrrole nitrogens is 1. The zero-order chi connectivity index (χ0) is 11.7. The summed E-state index contributed by atoms with van der Waals surface area (Å²) in [4.78, 5) is 16.8. The van der Waals surface area contributed by atoms with E-state index >= 15 is 0 Å². The molecule has 2 N–H and O–H groups in total. The van der Waals surface area contributed by atoms with Crippen LogP contribution in [-0.4, -0.2) is 19.9 Å². The van der Waals surface area contributed by atoms with E-state index < -0.39 is 0 Å². The molecule has 0 aliphatic rings. The number of rotatable bonds is 3. The molecule has 3 heterocycles.